The van der Waals surface area contributed by atoms with Gasteiger partial charge in [0.25, 0.3) is 0 Å². The van der Waals surface area contributed by atoms with Gasteiger partial charge in [-0.3, -0.25) is 4.79 Å². The molecule has 0 aromatic heterocycles. The maximum absolute atomic E-state index is 11.5. The number of hydrogen-bond donors (Lipinski definition) is 0. The second-order valence-electron chi connectivity index (χ2n) is 4.84. The van der Waals surface area contributed by atoms with E-state index in [1.807, 2.05) is 54.6 Å². The van der Waals surface area contributed by atoms with E-state index in [1.54, 1.807) is 0 Å². The number of Topliss-reactive ketones (excluding diaryl/α,β-unsaturated/α-hetero) is 1. The number of hydrogen-bond acceptors (Lipinski definition) is 3. The zero-order valence-corrected chi connectivity index (χ0v) is 11.1. The number of ketones is 1. The van der Waals surface area contributed by atoms with Gasteiger partial charge in [-0.15, -0.1) is 0 Å². The van der Waals surface area contributed by atoms with E-state index in [9.17, 15) is 4.79 Å². The first-order chi connectivity index (χ1) is 9.81. The van der Waals surface area contributed by atoms with Gasteiger partial charge in [-0.2, -0.15) is 0 Å². The molecule has 1 heterocycles. The Morgan fingerprint density at radius 3 is 2.35 bits per heavy atom. The second kappa shape index (κ2) is 5.88. The van der Waals surface area contributed by atoms with E-state index in [4.69, 9.17) is 9.47 Å². The highest BCUT2D eigenvalue weighted by atomic mass is 16.5. The molecule has 1 atom stereocenters. The number of para-hydroxylation sites is 1. The Morgan fingerprint density at radius 1 is 0.950 bits per heavy atom. The fraction of sp³-hybridized carbons (Fsp3) is 0.235. The van der Waals surface area contributed by atoms with Crippen LogP contribution in [0, 0.1) is 0 Å². The van der Waals surface area contributed by atoms with Gasteiger partial charge in [-0.25, -0.2) is 0 Å². The summed E-state index contributed by atoms with van der Waals surface area (Å²) in [6.07, 6.45) is 0.895. The average molecular weight is 268 g/mol. The first-order valence-corrected chi connectivity index (χ1v) is 6.77. The van der Waals surface area contributed by atoms with Gasteiger partial charge in [0.1, 0.15) is 17.3 Å². The lowest BCUT2D eigenvalue weighted by Gasteiger charge is -2.22. The summed E-state index contributed by atoms with van der Waals surface area (Å²) in [6.45, 7) is 0.520. The fourth-order valence-electron chi connectivity index (χ4n) is 2.27. The van der Waals surface area contributed by atoms with Gasteiger partial charge in [-0.1, -0.05) is 30.3 Å². The van der Waals surface area contributed by atoms with Crippen LogP contribution in [0.25, 0.3) is 0 Å². The highest BCUT2D eigenvalue weighted by Gasteiger charge is 2.21. The predicted molar refractivity (Wildman–Crippen MR) is 75.9 cm³/mol. The molecule has 0 amide bonds. The Labute approximate surface area is 118 Å². The minimum absolute atomic E-state index is 0.109. The predicted octanol–water partition coefficient (Wildman–Crippen LogP) is 3.90. The Bertz CT molecular complexity index is 575. The lowest BCUT2D eigenvalue weighted by molar-refractivity contribution is -0.128. The number of carbonyl (C=O) groups excluding carboxylic acids is 1. The molecule has 1 saturated heterocycles. The summed E-state index contributed by atoms with van der Waals surface area (Å²) in [5.41, 5.74) is 1.03. The molecule has 20 heavy (non-hydrogen) atoms. The highest BCUT2D eigenvalue weighted by Crippen LogP contribution is 2.28. The van der Waals surface area contributed by atoms with Crippen LogP contribution in [0.4, 0.5) is 0 Å². The lowest BCUT2D eigenvalue weighted by atomic mass is 10.0. The van der Waals surface area contributed by atoms with Crippen LogP contribution in [0.15, 0.2) is 54.6 Å². The number of benzene rings is 2. The molecule has 1 aliphatic heterocycles. The van der Waals surface area contributed by atoms with Crippen molar-refractivity contribution >= 4 is 5.78 Å². The Morgan fingerprint density at radius 2 is 1.65 bits per heavy atom. The molecule has 0 radical (unpaired) electrons. The lowest BCUT2D eigenvalue weighted by Crippen LogP contribution is -2.19. The van der Waals surface area contributed by atoms with E-state index in [-0.39, 0.29) is 11.9 Å². The summed E-state index contributed by atoms with van der Waals surface area (Å²) in [5, 5.41) is 0. The highest BCUT2D eigenvalue weighted by molar-refractivity contribution is 5.79. The molecule has 0 N–H and O–H groups in total. The summed E-state index contributed by atoms with van der Waals surface area (Å²) in [5.74, 6) is 1.86. The summed E-state index contributed by atoms with van der Waals surface area (Å²) in [4.78, 5) is 11.5. The topological polar surface area (TPSA) is 35.5 Å². The average Bonchev–Trinajstić information content (AvgIpc) is 2.49. The normalized spacial score (nSPS) is 18.8. The van der Waals surface area contributed by atoms with Crippen molar-refractivity contribution in [3.8, 4) is 11.5 Å². The molecule has 0 saturated carbocycles. The second-order valence-corrected chi connectivity index (χ2v) is 4.84. The van der Waals surface area contributed by atoms with Crippen molar-refractivity contribution in [2.45, 2.75) is 18.9 Å². The molecule has 2 aromatic rings. The van der Waals surface area contributed by atoms with Gasteiger partial charge >= 0.3 is 0 Å². The van der Waals surface area contributed by atoms with Crippen molar-refractivity contribution < 1.29 is 14.3 Å². The fourth-order valence-corrected chi connectivity index (χ4v) is 2.27. The van der Waals surface area contributed by atoms with E-state index in [0.29, 0.717) is 19.4 Å². The van der Waals surface area contributed by atoms with Crippen molar-refractivity contribution in [1.82, 2.24) is 0 Å². The molecule has 3 rings (SSSR count). The molecule has 3 nitrogen and oxygen atoms in total. The summed E-state index contributed by atoms with van der Waals surface area (Å²) in [7, 11) is 0. The van der Waals surface area contributed by atoms with Crippen LogP contribution < -0.4 is 4.74 Å². The third-order valence-electron chi connectivity index (χ3n) is 3.34. The molecule has 0 bridgehead atoms. The SMILES string of the molecule is O=C1CCOC(c2ccc(Oc3ccccc3)cc2)C1. The van der Waals surface area contributed by atoms with Gasteiger partial charge in [-0.05, 0) is 29.8 Å². The third kappa shape index (κ3) is 3.06. The molecular formula is C17H16O3. The summed E-state index contributed by atoms with van der Waals surface area (Å²) < 4.78 is 11.4. The van der Waals surface area contributed by atoms with Crippen LogP contribution in [-0.4, -0.2) is 12.4 Å². The van der Waals surface area contributed by atoms with Crippen LogP contribution >= 0.6 is 0 Å². The first kappa shape index (κ1) is 12.9. The van der Waals surface area contributed by atoms with Crippen molar-refractivity contribution in [2.75, 3.05) is 6.61 Å². The zero-order valence-electron chi connectivity index (χ0n) is 11.1. The van der Waals surface area contributed by atoms with Crippen LogP contribution in [0.5, 0.6) is 11.5 Å². The first-order valence-electron chi connectivity index (χ1n) is 6.77. The van der Waals surface area contributed by atoms with E-state index >= 15 is 0 Å². The molecule has 1 fully saturated rings. The van der Waals surface area contributed by atoms with Crippen molar-refractivity contribution in [3.05, 3.63) is 60.2 Å². The maximum Gasteiger partial charge on any atom is 0.138 e. The van der Waals surface area contributed by atoms with Gasteiger partial charge in [0.15, 0.2) is 0 Å². The van der Waals surface area contributed by atoms with Gasteiger partial charge < -0.3 is 9.47 Å². The van der Waals surface area contributed by atoms with E-state index in [0.717, 1.165) is 17.1 Å². The van der Waals surface area contributed by atoms with E-state index in [2.05, 4.69) is 0 Å². The molecule has 2 aromatic carbocycles. The van der Waals surface area contributed by atoms with Crippen molar-refractivity contribution in [2.24, 2.45) is 0 Å². The molecule has 0 spiro atoms. The number of rotatable bonds is 3. The summed E-state index contributed by atoms with van der Waals surface area (Å²) >= 11 is 0. The smallest absolute Gasteiger partial charge is 0.138 e. The van der Waals surface area contributed by atoms with Gasteiger partial charge in [0.2, 0.25) is 0 Å². The van der Waals surface area contributed by atoms with Gasteiger partial charge in [0, 0.05) is 12.8 Å². The standard InChI is InChI=1S/C17H16O3/c18-14-10-11-19-17(12-14)13-6-8-16(9-7-13)20-15-4-2-1-3-5-15/h1-9,17H,10-12H2. The van der Waals surface area contributed by atoms with Crippen LogP contribution in [0.3, 0.4) is 0 Å². The molecule has 1 unspecified atom stereocenters. The van der Waals surface area contributed by atoms with Gasteiger partial charge in [0.05, 0.1) is 12.7 Å². The minimum Gasteiger partial charge on any atom is -0.457 e. The molecule has 102 valence electrons. The summed E-state index contributed by atoms with van der Waals surface area (Å²) in [6, 6.07) is 17.4. The number of carbonyl (C=O) groups is 1. The zero-order chi connectivity index (χ0) is 13.8. The largest absolute Gasteiger partial charge is 0.457 e. The Kier molecular flexibility index (Phi) is 3.79. The Hall–Kier alpha value is -2.13. The van der Waals surface area contributed by atoms with Crippen LogP contribution in [0.1, 0.15) is 24.5 Å². The minimum atomic E-state index is -0.109. The molecule has 1 aliphatic rings. The van der Waals surface area contributed by atoms with Crippen LogP contribution in [-0.2, 0) is 9.53 Å². The molecular weight excluding hydrogens is 252 g/mol. The van der Waals surface area contributed by atoms with Crippen molar-refractivity contribution in [3.63, 3.8) is 0 Å². The quantitative estimate of drug-likeness (QED) is 0.847. The maximum atomic E-state index is 11.5. The van der Waals surface area contributed by atoms with E-state index in [1.165, 1.54) is 0 Å². The van der Waals surface area contributed by atoms with Crippen LogP contribution in [0.2, 0.25) is 0 Å². The van der Waals surface area contributed by atoms with Crippen molar-refractivity contribution in [1.29, 1.82) is 0 Å². The van der Waals surface area contributed by atoms with E-state index < -0.39 is 0 Å². The molecule has 3 heteroatoms. The third-order valence-corrected chi connectivity index (χ3v) is 3.34. The Balaban J connectivity index is 1.69. The number of ether oxygens (including phenoxy) is 2. The molecule has 0 aliphatic carbocycles. The monoisotopic (exact) mass is 268 g/mol.